The first-order valence-corrected chi connectivity index (χ1v) is 8.67. The SMILES string of the molecule is COc1ccc(CN2CCC[C@H]2c2cc3cccnc3[nH]2)c(OC)c1. The van der Waals surface area contributed by atoms with E-state index in [1.165, 1.54) is 23.1 Å². The van der Waals surface area contributed by atoms with Crippen molar-refractivity contribution in [3.05, 3.63) is 53.9 Å². The van der Waals surface area contributed by atoms with Crippen molar-refractivity contribution in [3.8, 4) is 11.5 Å². The largest absolute Gasteiger partial charge is 0.497 e. The monoisotopic (exact) mass is 337 g/mol. The minimum Gasteiger partial charge on any atom is -0.497 e. The van der Waals surface area contributed by atoms with Crippen LogP contribution in [0.4, 0.5) is 0 Å². The molecule has 2 aromatic heterocycles. The zero-order valence-electron chi connectivity index (χ0n) is 14.7. The first kappa shape index (κ1) is 16.0. The fourth-order valence-electron chi connectivity index (χ4n) is 3.73. The van der Waals surface area contributed by atoms with Gasteiger partial charge in [0.05, 0.1) is 20.3 Å². The lowest BCUT2D eigenvalue weighted by Gasteiger charge is -2.24. The summed E-state index contributed by atoms with van der Waals surface area (Å²) in [6.45, 7) is 1.95. The molecule has 1 N–H and O–H groups in total. The Balaban J connectivity index is 1.59. The van der Waals surface area contributed by atoms with E-state index >= 15 is 0 Å². The number of aromatic amines is 1. The van der Waals surface area contributed by atoms with Crippen molar-refractivity contribution in [1.82, 2.24) is 14.9 Å². The van der Waals surface area contributed by atoms with Gasteiger partial charge in [-0.25, -0.2) is 4.98 Å². The molecule has 0 unspecified atom stereocenters. The molecule has 1 atom stereocenters. The van der Waals surface area contributed by atoms with Gasteiger partial charge >= 0.3 is 0 Å². The summed E-state index contributed by atoms with van der Waals surface area (Å²) < 4.78 is 10.9. The van der Waals surface area contributed by atoms with Gasteiger partial charge in [0.2, 0.25) is 0 Å². The zero-order chi connectivity index (χ0) is 17.2. The molecule has 4 rings (SSSR count). The molecule has 1 fully saturated rings. The van der Waals surface area contributed by atoms with Crippen LogP contribution in [0.3, 0.4) is 0 Å². The molecule has 25 heavy (non-hydrogen) atoms. The Morgan fingerprint density at radius 1 is 1.20 bits per heavy atom. The van der Waals surface area contributed by atoms with Crippen LogP contribution in [0.1, 0.15) is 30.1 Å². The summed E-state index contributed by atoms with van der Waals surface area (Å²) in [4.78, 5) is 10.4. The first-order valence-electron chi connectivity index (χ1n) is 8.67. The molecule has 5 nitrogen and oxygen atoms in total. The Hall–Kier alpha value is -2.53. The number of aromatic nitrogens is 2. The molecule has 5 heteroatoms. The lowest BCUT2D eigenvalue weighted by Crippen LogP contribution is -2.23. The van der Waals surface area contributed by atoms with E-state index in [1.807, 2.05) is 24.4 Å². The highest BCUT2D eigenvalue weighted by Gasteiger charge is 2.28. The second kappa shape index (κ2) is 6.76. The number of nitrogens with one attached hydrogen (secondary N) is 1. The number of H-pyrrole nitrogens is 1. The summed E-state index contributed by atoms with van der Waals surface area (Å²) in [6.07, 6.45) is 4.19. The highest BCUT2D eigenvalue weighted by molar-refractivity contribution is 5.76. The van der Waals surface area contributed by atoms with Crippen LogP contribution >= 0.6 is 0 Å². The second-order valence-corrected chi connectivity index (χ2v) is 6.47. The Kier molecular flexibility index (Phi) is 4.32. The molecule has 1 aliphatic heterocycles. The van der Waals surface area contributed by atoms with Crippen molar-refractivity contribution in [3.63, 3.8) is 0 Å². The lowest BCUT2D eigenvalue weighted by atomic mass is 10.1. The van der Waals surface area contributed by atoms with E-state index in [9.17, 15) is 0 Å². The number of fused-ring (bicyclic) bond motifs is 1. The number of hydrogen-bond donors (Lipinski definition) is 1. The molecule has 1 saturated heterocycles. The van der Waals surface area contributed by atoms with Crippen LogP contribution in [0.5, 0.6) is 11.5 Å². The van der Waals surface area contributed by atoms with Gasteiger partial charge in [0, 0.05) is 35.5 Å². The Morgan fingerprint density at radius 3 is 2.92 bits per heavy atom. The molecular formula is C20H23N3O2. The Morgan fingerprint density at radius 2 is 2.12 bits per heavy atom. The van der Waals surface area contributed by atoms with Gasteiger partial charge in [0.25, 0.3) is 0 Å². The van der Waals surface area contributed by atoms with Gasteiger partial charge < -0.3 is 14.5 Å². The maximum Gasteiger partial charge on any atom is 0.137 e. The number of benzene rings is 1. The van der Waals surface area contributed by atoms with E-state index in [0.29, 0.717) is 6.04 Å². The molecule has 1 aliphatic rings. The van der Waals surface area contributed by atoms with Crippen LogP contribution < -0.4 is 9.47 Å². The molecule has 0 saturated carbocycles. The maximum atomic E-state index is 5.56. The van der Waals surface area contributed by atoms with Crippen molar-refractivity contribution in [2.24, 2.45) is 0 Å². The lowest BCUT2D eigenvalue weighted by molar-refractivity contribution is 0.241. The Bertz CT molecular complexity index is 841. The third kappa shape index (κ3) is 3.07. The van der Waals surface area contributed by atoms with Crippen LogP contribution in [0, 0.1) is 0 Å². The minimum atomic E-state index is 0.390. The fourth-order valence-corrected chi connectivity index (χ4v) is 3.73. The summed E-state index contributed by atoms with van der Waals surface area (Å²) >= 11 is 0. The average Bonchev–Trinajstić information content (AvgIpc) is 3.28. The molecule has 0 bridgehead atoms. The minimum absolute atomic E-state index is 0.390. The summed E-state index contributed by atoms with van der Waals surface area (Å²) in [6, 6.07) is 12.8. The summed E-state index contributed by atoms with van der Waals surface area (Å²) in [5.74, 6) is 1.70. The molecule has 3 heterocycles. The third-order valence-corrected chi connectivity index (χ3v) is 5.00. The van der Waals surface area contributed by atoms with Crippen LogP contribution in [0.2, 0.25) is 0 Å². The van der Waals surface area contributed by atoms with Crippen molar-refractivity contribution >= 4 is 11.0 Å². The van der Waals surface area contributed by atoms with Crippen molar-refractivity contribution in [2.45, 2.75) is 25.4 Å². The van der Waals surface area contributed by atoms with E-state index in [4.69, 9.17) is 9.47 Å². The number of rotatable bonds is 5. The standard InChI is InChI=1S/C20H23N3O2/c1-24-16-8-7-15(19(12-16)25-2)13-23-10-4-6-18(23)17-11-14-5-3-9-21-20(14)22-17/h3,5,7-9,11-12,18H,4,6,10,13H2,1-2H3,(H,21,22)/t18-/m0/s1. The summed E-state index contributed by atoms with van der Waals surface area (Å²) in [5, 5.41) is 1.17. The quantitative estimate of drug-likeness (QED) is 0.767. The number of nitrogens with zero attached hydrogens (tertiary/aromatic N) is 2. The molecule has 0 spiro atoms. The smallest absolute Gasteiger partial charge is 0.137 e. The average molecular weight is 337 g/mol. The number of hydrogen-bond acceptors (Lipinski definition) is 4. The molecule has 3 aromatic rings. The van der Waals surface area contributed by atoms with Gasteiger partial charge in [-0.15, -0.1) is 0 Å². The zero-order valence-corrected chi connectivity index (χ0v) is 14.7. The van der Waals surface area contributed by atoms with E-state index in [0.717, 1.165) is 36.7 Å². The number of pyridine rings is 1. The first-order chi connectivity index (χ1) is 12.3. The van der Waals surface area contributed by atoms with Gasteiger partial charge in [-0.2, -0.15) is 0 Å². The van der Waals surface area contributed by atoms with Gasteiger partial charge in [-0.3, -0.25) is 4.90 Å². The molecule has 130 valence electrons. The molecular weight excluding hydrogens is 314 g/mol. The van der Waals surface area contributed by atoms with Crippen molar-refractivity contribution < 1.29 is 9.47 Å². The highest BCUT2D eigenvalue weighted by Crippen LogP contribution is 2.35. The van der Waals surface area contributed by atoms with E-state index in [-0.39, 0.29) is 0 Å². The fraction of sp³-hybridized carbons (Fsp3) is 0.350. The van der Waals surface area contributed by atoms with Gasteiger partial charge in [-0.05, 0) is 43.7 Å². The Labute approximate surface area is 147 Å². The molecule has 0 radical (unpaired) electrons. The van der Waals surface area contributed by atoms with E-state index < -0.39 is 0 Å². The number of methoxy groups -OCH3 is 2. The number of ether oxygens (including phenoxy) is 2. The molecule has 1 aromatic carbocycles. The predicted octanol–water partition coefficient (Wildman–Crippen LogP) is 3.92. The van der Waals surface area contributed by atoms with Gasteiger partial charge in [0.1, 0.15) is 17.1 Å². The normalized spacial score (nSPS) is 17.9. The van der Waals surface area contributed by atoms with Crippen LogP contribution in [0.25, 0.3) is 11.0 Å². The molecule has 0 aliphatic carbocycles. The van der Waals surface area contributed by atoms with Crippen molar-refractivity contribution in [1.29, 1.82) is 0 Å². The number of likely N-dealkylation sites (tertiary alicyclic amines) is 1. The van der Waals surface area contributed by atoms with Crippen LogP contribution in [-0.4, -0.2) is 35.6 Å². The van der Waals surface area contributed by atoms with Gasteiger partial charge in [-0.1, -0.05) is 6.07 Å². The summed E-state index contributed by atoms with van der Waals surface area (Å²) in [7, 11) is 3.39. The van der Waals surface area contributed by atoms with Crippen LogP contribution in [-0.2, 0) is 6.54 Å². The highest BCUT2D eigenvalue weighted by atomic mass is 16.5. The maximum absolute atomic E-state index is 5.56. The van der Waals surface area contributed by atoms with Crippen LogP contribution in [0.15, 0.2) is 42.6 Å². The predicted molar refractivity (Wildman–Crippen MR) is 98.0 cm³/mol. The topological polar surface area (TPSA) is 50.4 Å². The molecule has 0 amide bonds. The third-order valence-electron chi connectivity index (χ3n) is 5.00. The second-order valence-electron chi connectivity index (χ2n) is 6.47. The van der Waals surface area contributed by atoms with Crippen molar-refractivity contribution in [2.75, 3.05) is 20.8 Å². The van der Waals surface area contributed by atoms with Gasteiger partial charge in [0.15, 0.2) is 0 Å². The van der Waals surface area contributed by atoms with E-state index in [2.05, 4.69) is 33.1 Å². The summed E-state index contributed by atoms with van der Waals surface area (Å²) in [5.41, 5.74) is 3.40. The van der Waals surface area contributed by atoms with E-state index in [1.54, 1.807) is 14.2 Å².